The monoisotopic (exact) mass is 341 g/mol. The van der Waals surface area contributed by atoms with Gasteiger partial charge < -0.3 is 4.98 Å². The molecule has 0 unspecified atom stereocenters. The van der Waals surface area contributed by atoms with Crippen molar-refractivity contribution >= 4 is 21.9 Å². The number of rotatable bonds is 2. The molecule has 0 atom stereocenters. The van der Waals surface area contributed by atoms with Crippen LogP contribution in [0.25, 0.3) is 27.6 Å². The minimum atomic E-state index is -4.45. The number of hydrogen-bond donors (Lipinski definition) is 1. The van der Waals surface area contributed by atoms with E-state index < -0.39 is 11.9 Å². The van der Waals surface area contributed by atoms with Crippen molar-refractivity contribution in [2.24, 2.45) is 0 Å². The molecule has 126 valence electrons. The molecule has 1 aliphatic rings. The largest absolute Gasteiger partial charge is 0.433 e. The van der Waals surface area contributed by atoms with Crippen molar-refractivity contribution in [2.45, 2.75) is 24.9 Å². The van der Waals surface area contributed by atoms with Gasteiger partial charge in [0.1, 0.15) is 11.3 Å². The molecule has 6 heteroatoms. The molecular formula is C19H14F3N3. The van der Waals surface area contributed by atoms with Crippen molar-refractivity contribution < 1.29 is 13.2 Å². The summed E-state index contributed by atoms with van der Waals surface area (Å²) in [7, 11) is 0. The van der Waals surface area contributed by atoms with Crippen LogP contribution < -0.4 is 0 Å². The molecule has 25 heavy (non-hydrogen) atoms. The lowest BCUT2D eigenvalue weighted by molar-refractivity contribution is -0.141. The molecule has 0 bridgehead atoms. The van der Waals surface area contributed by atoms with E-state index in [9.17, 15) is 13.2 Å². The molecule has 5 rings (SSSR count). The molecule has 1 aliphatic carbocycles. The molecule has 0 aliphatic heterocycles. The summed E-state index contributed by atoms with van der Waals surface area (Å²) in [6.07, 6.45) is -0.471. The molecule has 4 aromatic rings. The highest BCUT2D eigenvalue weighted by Crippen LogP contribution is 2.43. The van der Waals surface area contributed by atoms with Crippen LogP contribution in [0.5, 0.6) is 0 Å². The molecule has 1 N–H and O–H groups in total. The third kappa shape index (κ3) is 2.32. The fourth-order valence-corrected chi connectivity index (χ4v) is 3.39. The highest BCUT2D eigenvalue weighted by molar-refractivity contribution is 5.85. The number of nitrogens with zero attached hydrogens (tertiary/aromatic N) is 2. The van der Waals surface area contributed by atoms with E-state index >= 15 is 0 Å². The topological polar surface area (TPSA) is 33.6 Å². The first-order chi connectivity index (χ1) is 12.0. The van der Waals surface area contributed by atoms with Crippen molar-refractivity contribution in [3.05, 3.63) is 60.0 Å². The average molecular weight is 341 g/mol. The number of alkyl halides is 3. The number of halogens is 3. The van der Waals surface area contributed by atoms with Gasteiger partial charge in [-0.3, -0.25) is 4.57 Å². The van der Waals surface area contributed by atoms with E-state index in [1.165, 1.54) is 6.07 Å². The number of nitrogens with one attached hydrogen (secondary N) is 1. The van der Waals surface area contributed by atoms with Crippen molar-refractivity contribution in [3.63, 3.8) is 0 Å². The maximum Gasteiger partial charge on any atom is 0.433 e. The lowest BCUT2D eigenvalue weighted by Crippen LogP contribution is -2.09. The Morgan fingerprint density at radius 1 is 1.00 bits per heavy atom. The van der Waals surface area contributed by atoms with Crippen molar-refractivity contribution in [2.75, 3.05) is 0 Å². The Morgan fingerprint density at radius 2 is 1.84 bits per heavy atom. The van der Waals surface area contributed by atoms with Crippen LogP contribution in [0.4, 0.5) is 13.2 Å². The average Bonchev–Trinajstić information content (AvgIpc) is 3.19. The summed E-state index contributed by atoms with van der Waals surface area (Å²) >= 11 is 0. The maximum absolute atomic E-state index is 13.1. The first-order valence-electron chi connectivity index (χ1n) is 8.18. The molecule has 0 saturated heterocycles. The first-order valence-corrected chi connectivity index (χ1v) is 8.18. The molecule has 0 radical (unpaired) electrons. The number of aromatic nitrogens is 3. The van der Waals surface area contributed by atoms with Crippen LogP contribution in [-0.4, -0.2) is 14.5 Å². The second-order valence-corrected chi connectivity index (χ2v) is 6.54. The summed E-state index contributed by atoms with van der Waals surface area (Å²) < 4.78 is 41.2. The second-order valence-electron chi connectivity index (χ2n) is 6.54. The zero-order valence-corrected chi connectivity index (χ0v) is 13.1. The van der Waals surface area contributed by atoms with Gasteiger partial charge in [0.25, 0.3) is 0 Å². The SMILES string of the molecule is FC(F)(F)c1ccc2cc(C3CC3)n(-c3ccc4[nH]ccc4c3)c2n1. The summed E-state index contributed by atoms with van der Waals surface area (Å²) in [5, 5.41) is 1.76. The van der Waals surface area contributed by atoms with E-state index in [4.69, 9.17) is 0 Å². The van der Waals surface area contributed by atoms with E-state index in [0.717, 1.165) is 46.6 Å². The molecule has 3 aromatic heterocycles. The van der Waals surface area contributed by atoms with Gasteiger partial charge in [-0.25, -0.2) is 4.98 Å². The Balaban J connectivity index is 1.80. The summed E-state index contributed by atoms with van der Waals surface area (Å²) in [6, 6.07) is 12.4. The third-order valence-electron chi connectivity index (χ3n) is 4.76. The van der Waals surface area contributed by atoms with E-state index in [2.05, 4.69) is 9.97 Å². The normalized spacial score (nSPS) is 15.3. The quantitative estimate of drug-likeness (QED) is 0.520. The van der Waals surface area contributed by atoms with Crippen LogP contribution >= 0.6 is 0 Å². The Morgan fingerprint density at radius 3 is 2.60 bits per heavy atom. The molecule has 1 fully saturated rings. The highest BCUT2D eigenvalue weighted by Gasteiger charge is 2.34. The fourth-order valence-electron chi connectivity index (χ4n) is 3.39. The van der Waals surface area contributed by atoms with Crippen LogP contribution in [0.1, 0.15) is 30.1 Å². The molecular weight excluding hydrogens is 327 g/mol. The Labute approximate surface area is 141 Å². The standard InChI is InChI=1S/C19H14F3N3/c20-19(21,22)17-6-3-13-10-16(11-1-2-11)25(18(13)24-17)14-4-5-15-12(9-14)7-8-23-15/h3-11,23H,1-2H2. The summed E-state index contributed by atoms with van der Waals surface area (Å²) in [5.41, 5.74) is 2.39. The maximum atomic E-state index is 13.1. The van der Waals surface area contributed by atoms with Crippen molar-refractivity contribution in [1.29, 1.82) is 0 Å². The van der Waals surface area contributed by atoms with Crippen LogP contribution in [0.2, 0.25) is 0 Å². The second kappa shape index (κ2) is 4.88. The highest BCUT2D eigenvalue weighted by atomic mass is 19.4. The summed E-state index contributed by atoms with van der Waals surface area (Å²) in [6.45, 7) is 0. The zero-order valence-electron chi connectivity index (χ0n) is 13.1. The Hall–Kier alpha value is -2.76. The zero-order chi connectivity index (χ0) is 17.2. The first kappa shape index (κ1) is 14.6. The fraction of sp³-hybridized carbons (Fsp3) is 0.211. The molecule has 3 heterocycles. The summed E-state index contributed by atoms with van der Waals surface area (Å²) in [4.78, 5) is 7.09. The Bertz CT molecular complexity index is 1100. The van der Waals surface area contributed by atoms with Gasteiger partial charge in [0, 0.05) is 33.9 Å². The van der Waals surface area contributed by atoms with Gasteiger partial charge in [0.2, 0.25) is 0 Å². The van der Waals surface area contributed by atoms with Crippen LogP contribution in [0.15, 0.2) is 48.7 Å². The molecule has 1 aromatic carbocycles. The third-order valence-corrected chi connectivity index (χ3v) is 4.76. The number of benzene rings is 1. The number of aromatic amines is 1. The van der Waals surface area contributed by atoms with Crippen molar-refractivity contribution in [3.8, 4) is 5.69 Å². The van der Waals surface area contributed by atoms with E-state index in [1.807, 2.05) is 41.1 Å². The van der Waals surface area contributed by atoms with Gasteiger partial charge in [0.15, 0.2) is 0 Å². The number of hydrogen-bond acceptors (Lipinski definition) is 1. The van der Waals surface area contributed by atoms with E-state index in [-0.39, 0.29) is 0 Å². The van der Waals surface area contributed by atoms with E-state index in [1.54, 1.807) is 0 Å². The van der Waals surface area contributed by atoms with E-state index in [0.29, 0.717) is 11.6 Å². The minimum absolute atomic E-state index is 0.367. The molecule has 0 spiro atoms. The molecule has 3 nitrogen and oxygen atoms in total. The lowest BCUT2D eigenvalue weighted by atomic mass is 10.2. The Kier molecular flexibility index (Phi) is 2.84. The van der Waals surface area contributed by atoms with Gasteiger partial charge in [-0.2, -0.15) is 13.2 Å². The number of H-pyrrole nitrogens is 1. The lowest BCUT2D eigenvalue weighted by Gasteiger charge is -2.11. The number of fused-ring (bicyclic) bond motifs is 2. The molecule has 0 amide bonds. The van der Waals surface area contributed by atoms with Gasteiger partial charge in [-0.05, 0) is 61.2 Å². The van der Waals surface area contributed by atoms with Crippen LogP contribution in [-0.2, 0) is 6.18 Å². The smallest absolute Gasteiger partial charge is 0.361 e. The van der Waals surface area contributed by atoms with Gasteiger partial charge >= 0.3 is 6.18 Å². The van der Waals surface area contributed by atoms with Crippen LogP contribution in [0.3, 0.4) is 0 Å². The number of pyridine rings is 1. The minimum Gasteiger partial charge on any atom is -0.361 e. The van der Waals surface area contributed by atoms with Gasteiger partial charge in [-0.1, -0.05) is 0 Å². The van der Waals surface area contributed by atoms with Gasteiger partial charge in [0.05, 0.1) is 0 Å². The molecule has 1 saturated carbocycles. The van der Waals surface area contributed by atoms with Crippen molar-refractivity contribution in [1.82, 2.24) is 14.5 Å². The predicted octanol–water partition coefficient (Wildman–Crippen LogP) is 5.40. The predicted molar refractivity (Wildman–Crippen MR) is 89.9 cm³/mol. The van der Waals surface area contributed by atoms with Gasteiger partial charge in [-0.15, -0.1) is 0 Å². The van der Waals surface area contributed by atoms with Crippen LogP contribution in [0, 0.1) is 0 Å². The summed E-state index contributed by atoms with van der Waals surface area (Å²) in [5.74, 6) is 0.394.